The van der Waals surface area contributed by atoms with Crippen molar-refractivity contribution in [3.05, 3.63) is 28.0 Å². The smallest absolute Gasteiger partial charge is 0.193 e. The van der Waals surface area contributed by atoms with Gasteiger partial charge < -0.3 is 0 Å². The van der Waals surface area contributed by atoms with Crippen LogP contribution in [0.4, 0.5) is 0 Å². The first kappa shape index (κ1) is 16.0. The molecule has 1 aromatic heterocycles. The summed E-state index contributed by atoms with van der Waals surface area (Å²) in [5.74, 6) is 0. The van der Waals surface area contributed by atoms with E-state index in [2.05, 4.69) is 86.7 Å². The van der Waals surface area contributed by atoms with Crippen molar-refractivity contribution in [3.63, 3.8) is 0 Å². The molecule has 0 aliphatic heterocycles. The third kappa shape index (κ3) is 2.34. The second-order valence-corrected chi connectivity index (χ2v) is 13.5. The highest BCUT2D eigenvalue weighted by molar-refractivity contribution is 14.1. The minimum absolute atomic E-state index is 0.671. The van der Waals surface area contributed by atoms with Gasteiger partial charge in [0.15, 0.2) is 8.24 Å². The van der Waals surface area contributed by atoms with Crippen LogP contribution in [0.5, 0.6) is 0 Å². The summed E-state index contributed by atoms with van der Waals surface area (Å²) in [7, 11) is -1.73. The topological polar surface area (TPSA) is 17.8 Å². The molecule has 0 N–H and O–H groups in total. The second-order valence-electron chi connectivity index (χ2n) is 6.61. The molecular weight excluding hydrogens is 375 g/mol. The molecule has 0 unspecified atom stereocenters. The number of rotatable bonds is 4. The summed E-state index contributed by atoms with van der Waals surface area (Å²) >= 11 is 2.37. The number of halogens is 1. The van der Waals surface area contributed by atoms with Gasteiger partial charge in [-0.25, -0.2) is 0 Å². The minimum atomic E-state index is -1.73. The predicted octanol–water partition coefficient (Wildman–Crippen LogP) is 5.66. The van der Waals surface area contributed by atoms with Crippen molar-refractivity contribution < 1.29 is 0 Å². The Labute approximate surface area is 137 Å². The molecule has 2 nitrogen and oxygen atoms in total. The van der Waals surface area contributed by atoms with Crippen LogP contribution in [-0.2, 0) is 0 Å². The first-order valence-corrected chi connectivity index (χ1v) is 10.7. The quantitative estimate of drug-likeness (QED) is 0.478. The molecular formula is C16H25IN2Si. The minimum Gasteiger partial charge on any atom is -0.293 e. The Kier molecular flexibility index (Phi) is 4.64. The van der Waals surface area contributed by atoms with Gasteiger partial charge in [-0.1, -0.05) is 41.5 Å². The fraction of sp³-hybridized carbons (Fsp3) is 0.562. The van der Waals surface area contributed by atoms with Crippen LogP contribution in [0.3, 0.4) is 0 Å². The van der Waals surface area contributed by atoms with E-state index in [9.17, 15) is 0 Å². The summed E-state index contributed by atoms with van der Waals surface area (Å²) in [6.07, 6.45) is 2.05. The van der Waals surface area contributed by atoms with Gasteiger partial charge >= 0.3 is 0 Å². The third-order valence-electron chi connectivity index (χ3n) is 4.67. The van der Waals surface area contributed by atoms with E-state index in [1.165, 1.54) is 14.5 Å². The van der Waals surface area contributed by atoms with E-state index in [1.807, 2.05) is 6.20 Å². The Morgan fingerprint density at radius 3 is 2.05 bits per heavy atom. The standard InChI is InChI=1S/C16H25IN2Si/c1-11(2)20(12(3)4,13(5)6)19-16-8-7-15(17)9-14(16)10-18-19/h7-13H,1-6H3. The van der Waals surface area contributed by atoms with Gasteiger partial charge in [0.1, 0.15) is 0 Å². The van der Waals surface area contributed by atoms with Crippen molar-refractivity contribution in [3.8, 4) is 0 Å². The Balaban J connectivity index is 2.75. The average Bonchev–Trinajstić information content (AvgIpc) is 2.72. The monoisotopic (exact) mass is 400 g/mol. The molecule has 1 aromatic carbocycles. The molecule has 0 amide bonds. The van der Waals surface area contributed by atoms with Crippen molar-refractivity contribution in [2.45, 2.75) is 58.2 Å². The fourth-order valence-electron chi connectivity index (χ4n) is 4.05. The highest BCUT2D eigenvalue weighted by atomic mass is 127. The van der Waals surface area contributed by atoms with Gasteiger partial charge in [0.25, 0.3) is 0 Å². The number of hydrogen-bond donors (Lipinski definition) is 0. The van der Waals surface area contributed by atoms with E-state index in [4.69, 9.17) is 5.10 Å². The summed E-state index contributed by atoms with van der Waals surface area (Å²) in [6, 6.07) is 6.68. The highest BCUT2D eigenvalue weighted by Gasteiger charge is 2.46. The number of fused-ring (bicyclic) bond motifs is 1. The van der Waals surface area contributed by atoms with Crippen LogP contribution in [0.2, 0.25) is 16.6 Å². The molecule has 0 fully saturated rings. The molecule has 0 aliphatic carbocycles. The third-order valence-corrected chi connectivity index (χ3v) is 12.0. The molecule has 0 saturated heterocycles. The Morgan fingerprint density at radius 1 is 1.00 bits per heavy atom. The van der Waals surface area contributed by atoms with Crippen molar-refractivity contribution in [1.82, 2.24) is 9.45 Å². The molecule has 4 heteroatoms. The van der Waals surface area contributed by atoms with Crippen LogP contribution >= 0.6 is 22.6 Å². The summed E-state index contributed by atoms with van der Waals surface area (Å²) < 4.78 is 3.71. The summed E-state index contributed by atoms with van der Waals surface area (Å²) in [5, 5.41) is 6.12. The summed E-state index contributed by atoms with van der Waals surface area (Å²) in [6.45, 7) is 14.3. The molecule has 0 radical (unpaired) electrons. The van der Waals surface area contributed by atoms with Crippen LogP contribution in [-0.4, -0.2) is 17.7 Å². The van der Waals surface area contributed by atoms with E-state index >= 15 is 0 Å². The lowest BCUT2D eigenvalue weighted by Gasteiger charge is -2.43. The zero-order chi connectivity index (χ0) is 15.1. The Hall–Kier alpha value is -0.363. The zero-order valence-electron chi connectivity index (χ0n) is 13.3. The van der Waals surface area contributed by atoms with Crippen molar-refractivity contribution in [2.75, 3.05) is 0 Å². The van der Waals surface area contributed by atoms with E-state index in [0.29, 0.717) is 16.6 Å². The molecule has 110 valence electrons. The largest absolute Gasteiger partial charge is 0.293 e. The van der Waals surface area contributed by atoms with Crippen LogP contribution in [0.25, 0.3) is 10.9 Å². The van der Waals surface area contributed by atoms with E-state index < -0.39 is 8.24 Å². The SMILES string of the molecule is CC(C)[Si](C(C)C)(C(C)C)n1ncc2cc(I)ccc21. The Morgan fingerprint density at radius 2 is 1.55 bits per heavy atom. The van der Waals surface area contributed by atoms with Gasteiger partial charge in [0, 0.05) is 8.96 Å². The molecule has 0 bridgehead atoms. The lowest BCUT2D eigenvalue weighted by atomic mass is 10.3. The average molecular weight is 400 g/mol. The van der Waals surface area contributed by atoms with Gasteiger partial charge in [-0.3, -0.25) is 4.35 Å². The normalized spacial score (nSPS) is 13.1. The number of benzene rings is 1. The maximum absolute atomic E-state index is 4.85. The predicted molar refractivity (Wildman–Crippen MR) is 98.9 cm³/mol. The second kappa shape index (κ2) is 5.79. The molecule has 2 rings (SSSR count). The first-order chi connectivity index (χ1) is 9.31. The molecule has 0 aliphatic rings. The van der Waals surface area contributed by atoms with Crippen LogP contribution in [0, 0.1) is 3.57 Å². The van der Waals surface area contributed by atoms with Crippen LogP contribution < -0.4 is 0 Å². The highest BCUT2D eigenvalue weighted by Crippen LogP contribution is 2.43. The molecule has 0 saturated carbocycles. The molecule has 0 atom stereocenters. The lowest BCUT2D eigenvalue weighted by Crippen LogP contribution is -2.52. The van der Waals surface area contributed by atoms with Crippen molar-refractivity contribution in [1.29, 1.82) is 0 Å². The van der Waals surface area contributed by atoms with Crippen molar-refractivity contribution >= 4 is 41.7 Å². The molecule has 20 heavy (non-hydrogen) atoms. The van der Waals surface area contributed by atoms with Crippen molar-refractivity contribution in [2.24, 2.45) is 0 Å². The Bertz CT molecular complexity index is 580. The molecule has 2 aromatic rings. The maximum atomic E-state index is 4.85. The van der Waals surface area contributed by atoms with Gasteiger partial charge in [-0.05, 0) is 57.4 Å². The van der Waals surface area contributed by atoms with Crippen LogP contribution in [0.1, 0.15) is 41.5 Å². The summed E-state index contributed by atoms with van der Waals surface area (Å²) in [4.78, 5) is 0. The number of nitrogens with zero attached hydrogens (tertiary/aromatic N) is 2. The fourth-order valence-corrected chi connectivity index (χ4v) is 10.9. The van der Waals surface area contributed by atoms with Gasteiger partial charge in [-0.2, -0.15) is 5.10 Å². The number of hydrogen-bond acceptors (Lipinski definition) is 1. The first-order valence-electron chi connectivity index (χ1n) is 7.45. The maximum Gasteiger partial charge on any atom is 0.193 e. The van der Waals surface area contributed by atoms with Crippen LogP contribution in [0.15, 0.2) is 24.4 Å². The molecule has 0 spiro atoms. The van der Waals surface area contributed by atoms with E-state index in [-0.39, 0.29) is 0 Å². The lowest BCUT2D eigenvalue weighted by molar-refractivity contribution is 0.736. The van der Waals surface area contributed by atoms with Gasteiger partial charge in [0.2, 0.25) is 0 Å². The van der Waals surface area contributed by atoms with E-state index in [1.54, 1.807) is 0 Å². The summed E-state index contributed by atoms with van der Waals surface area (Å²) in [5.41, 5.74) is 3.33. The van der Waals surface area contributed by atoms with Gasteiger partial charge in [-0.15, -0.1) is 0 Å². The number of aromatic nitrogens is 2. The van der Waals surface area contributed by atoms with E-state index in [0.717, 1.165) is 0 Å². The molecule has 1 heterocycles. The van der Waals surface area contributed by atoms with Gasteiger partial charge in [0.05, 0.1) is 11.7 Å². The zero-order valence-corrected chi connectivity index (χ0v) is 16.5.